The lowest BCUT2D eigenvalue weighted by atomic mass is 10.1. The van der Waals surface area contributed by atoms with Gasteiger partial charge in [0, 0.05) is 12.1 Å². The maximum absolute atomic E-state index is 12.3. The van der Waals surface area contributed by atoms with E-state index in [1.54, 1.807) is 0 Å². The van der Waals surface area contributed by atoms with Crippen LogP contribution in [-0.2, 0) is 19.4 Å². The first-order valence-electron chi connectivity index (χ1n) is 6.49. The summed E-state index contributed by atoms with van der Waals surface area (Å²) in [7, 11) is 0. The lowest BCUT2D eigenvalue weighted by Gasteiger charge is -2.05. The van der Waals surface area contributed by atoms with Gasteiger partial charge in [0.1, 0.15) is 0 Å². The van der Waals surface area contributed by atoms with Crippen molar-refractivity contribution in [2.45, 2.75) is 33.2 Å². The molecule has 1 heterocycles. The van der Waals surface area contributed by atoms with Gasteiger partial charge in [0.25, 0.3) is 0 Å². The van der Waals surface area contributed by atoms with Gasteiger partial charge in [0.05, 0.1) is 22.3 Å². The van der Waals surface area contributed by atoms with Crippen molar-refractivity contribution in [3.05, 3.63) is 51.8 Å². The monoisotopic (exact) mass is 320 g/mol. The van der Waals surface area contributed by atoms with Crippen molar-refractivity contribution < 1.29 is 4.79 Å². The Labute approximate surface area is 121 Å². The zero-order valence-corrected chi connectivity index (χ0v) is 12.8. The van der Waals surface area contributed by atoms with Crippen molar-refractivity contribution in [3.8, 4) is 0 Å². The Morgan fingerprint density at radius 3 is 2.53 bits per heavy atom. The molecule has 1 aromatic carbocycles. The highest BCUT2D eigenvalue weighted by atomic mass is 79.9. The minimum atomic E-state index is 0.124. The number of carbonyl (C=O) groups is 1. The Balaban J connectivity index is 2.28. The summed E-state index contributed by atoms with van der Waals surface area (Å²) in [6, 6.07) is 9.39. The van der Waals surface area contributed by atoms with Gasteiger partial charge in [-0.15, -0.1) is 0 Å². The van der Waals surface area contributed by atoms with Crippen LogP contribution in [-0.4, -0.2) is 15.6 Å². The Morgan fingerprint density at radius 1 is 1.26 bits per heavy atom. The largest absolute Gasteiger partial charge is 0.294 e. The van der Waals surface area contributed by atoms with E-state index in [1.807, 2.05) is 41.9 Å². The summed E-state index contributed by atoms with van der Waals surface area (Å²) in [6.07, 6.45) is 1.24. The van der Waals surface area contributed by atoms with Crippen molar-refractivity contribution in [1.29, 1.82) is 0 Å². The molecule has 0 saturated heterocycles. The molecule has 19 heavy (non-hydrogen) atoms. The molecule has 2 aromatic rings. The van der Waals surface area contributed by atoms with Crippen LogP contribution in [0.1, 0.15) is 35.6 Å². The second kappa shape index (κ2) is 6.15. The van der Waals surface area contributed by atoms with E-state index in [-0.39, 0.29) is 5.78 Å². The van der Waals surface area contributed by atoms with Crippen molar-refractivity contribution in [2.75, 3.05) is 0 Å². The highest BCUT2D eigenvalue weighted by molar-refractivity contribution is 9.10. The molecule has 0 fully saturated rings. The molecular formula is C15H17BrN2O. The van der Waals surface area contributed by atoms with Gasteiger partial charge in [-0.25, -0.2) is 0 Å². The number of ketones is 1. The molecule has 0 aliphatic heterocycles. The summed E-state index contributed by atoms with van der Waals surface area (Å²) in [5.74, 6) is 0.124. The van der Waals surface area contributed by atoms with Crippen LogP contribution in [0.15, 0.2) is 34.8 Å². The zero-order valence-electron chi connectivity index (χ0n) is 11.2. The molecule has 0 N–H and O–H groups in total. The number of Topliss-reactive ketones (excluding diaryl/α,β-unsaturated/α-hetero) is 1. The molecule has 0 unspecified atom stereocenters. The van der Waals surface area contributed by atoms with Gasteiger partial charge in [0.15, 0.2) is 5.78 Å². The first-order valence-corrected chi connectivity index (χ1v) is 7.29. The topological polar surface area (TPSA) is 34.9 Å². The number of aryl methyl sites for hydroxylation is 2. The van der Waals surface area contributed by atoms with E-state index in [1.165, 1.54) is 0 Å². The van der Waals surface area contributed by atoms with Crippen LogP contribution < -0.4 is 0 Å². The molecule has 0 aliphatic rings. The van der Waals surface area contributed by atoms with E-state index < -0.39 is 0 Å². The Morgan fingerprint density at radius 2 is 1.95 bits per heavy atom. The molecular weight excluding hydrogens is 304 g/mol. The minimum Gasteiger partial charge on any atom is -0.294 e. The number of halogens is 1. The average Bonchev–Trinajstić information content (AvgIpc) is 2.76. The number of hydrogen-bond donors (Lipinski definition) is 0. The lowest BCUT2D eigenvalue weighted by Crippen LogP contribution is -2.10. The molecule has 100 valence electrons. The van der Waals surface area contributed by atoms with Crippen LogP contribution in [0, 0.1) is 0 Å². The van der Waals surface area contributed by atoms with Crippen molar-refractivity contribution in [3.63, 3.8) is 0 Å². The predicted octanol–water partition coefficient (Wildman–Crippen LogP) is 3.65. The standard InChI is InChI=1S/C15H17BrN2O/c1-3-12-15(16)13(18(4-2)17-12)10-14(19)11-8-6-5-7-9-11/h5-9H,3-4,10H2,1-2H3. The second-order valence-electron chi connectivity index (χ2n) is 4.34. The van der Waals surface area contributed by atoms with Gasteiger partial charge in [-0.1, -0.05) is 37.3 Å². The van der Waals surface area contributed by atoms with Crippen molar-refractivity contribution in [2.24, 2.45) is 0 Å². The van der Waals surface area contributed by atoms with Crippen molar-refractivity contribution in [1.82, 2.24) is 9.78 Å². The molecule has 0 radical (unpaired) electrons. The van der Waals surface area contributed by atoms with Gasteiger partial charge >= 0.3 is 0 Å². The fraction of sp³-hybridized carbons (Fsp3) is 0.333. The molecule has 0 bridgehead atoms. The van der Waals surface area contributed by atoms with Gasteiger partial charge < -0.3 is 0 Å². The fourth-order valence-corrected chi connectivity index (χ4v) is 2.77. The van der Waals surface area contributed by atoms with E-state index in [0.717, 1.165) is 34.4 Å². The smallest absolute Gasteiger partial charge is 0.168 e. The summed E-state index contributed by atoms with van der Waals surface area (Å²) >= 11 is 3.57. The van der Waals surface area contributed by atoms with E-state index in [9.17, 15) is 4.79 Å². The molecule has 0 aliphatic carbocycles. The maximum atomic E-state index is 12.3. The molecule has 2 rings (SSSR count). The average molecular weight is 321 g/mol. The Bertz CT molecular complexity index is 575. The molecule has 3 nitrogen and oxygen atoms in total. The number of benzene rings is 1. The maximum Gasteiger partial charge on any atom is 0.168 e. The first kappa shape index (κ1) is 14.0. The normalized spacial score (nSPS) is 10.7. The Hall–Kier alpha value is -1.42. The summed E-state index contributed by atoms with van der Waals surface area (Å²) in [4.78, 5) is 12.3. The van der Waals surface area contributed by atoms with Crippen LogP contribution >= 0.6 is 15.9 Å². The van der Waals surface area contributed by atoms with E-state index in [2.05, 4.69) is 28.0 Å². The SMILES string of the molecule is CCc1nn(CC)c(CC(=O)c2ccccc2)c1Br. The lowest BCUT2D eigenvalue weighted by molar-refractivity contribution is 0.0990. The van der Waals surface area contributed by atoms with E-state index in [0.29, 0.717) is 6.42 Å². The van der Waals surface area contributed by atoms with Gasteiger partial charge in [-0.2, -0.15) is 5.10 Å². The third kappa shape index (κ3) is 2.95. The van der Waals surface area contributed by atoms with Crippen LogP contribution in [0.2, 0.25) is 0 Å². The van der Waals surface area contributed by atoms with Crippen LogP contribution in [0.3, 0.4) is 0 Å². The third-order valence-electron chi connectivity index (χ3n) is 3.12. The number of carbonyl (C=O) groups excluding carboxylic acids is 1. The first-order chi connectivity index (χ1) is 9.17. The molecule has 0 amide bonds. The second-order valence-corrected chi connectivity index (χ2v) is 5.14. The quantitative estimate of drug-likeness (QED) is 0.788. The Kier molecular flexibility index (Phi) is 4.53. The number of aromatic nitrogens is 2. The predicted molar refractivity (Wildman–Crippen MR) is 79.5 cm³/mol. The summed E-state index contributed by atoms with van der Waals surface area (Å²) in [5.41, 5.74) is 2.72. The van der Waals surface area contributed by atoms with E-state index in [4.69, 9.17) is 0 Å². The number of hydrogen-bond acceptors (Lipinski definition) is 2. The van der Waals surface area contributed by atoms with Gasteiger partial charge in [-0.3, -0.25) is 9.48 Å². The molecule has 0 saturated carbocycles. The highest BCUT2D eigenvalue weighted by Gasteiger charge is 2.17. The third-order valence-corrected chi connectivity index (χ3v) is 4.03. The molecule has 1 aromatic heterocycles. The zero-order chi connectivity index (χ0) is 13.8. The molecule has 0 atom stereocenters. The van der Waals surface area contributed by atoms with Gasteiger partial charge in [0.2, 0.25) is 0 Å². The van der Waals surface area contributed by atoms with Crippen LogP contribution in [0.4, 0.5) is 0 Å². The number of rotatable bonds is 5. The van der Waals surface area contributed by atoms with Gasteiger partial charge in [-0.05, 0) is 29.3 Å². The molecule has 4 heteroatoms. The summed E-state index contributed by atoms with van der Waals surface area (Å²) in [5, 5.41) is 4.51. The number of nitrogens with zero attached hydrogens (tertiary/aromatic N) is 2. The van der Waals surface area contributed by atoms with E-state index >= 15 is 0 Å². The molecule has 0 spiro atoms. The summed E-state index contributed by atoms with van der Waals surface area (Å²) in [6.45, 7) is 4.88. The minimum absolute atomic E-state index is 0.124. The van der Waals surface area contributed by atoms with Crippen molar-refractivity contribution >= 4 is 21.7 Å². The fourth-order valence-electron chi connectivity index (χ4n) is 2.06. The highest BCUT2D eigenvalue weighted by Crippen LogP contribution is 2.23. The van der Waals surface area contributed by atoms with Crippen LogP contribution in [0.25, 0.3) is 0 Å². The summed E-state index contributed by atoms with van der Waals surface area (Å²) < 4.78 is 2.88. The van der Waals surface area contributed by atoms with Crippen LogP contribution in [0.5, 0.6) is 0 Å².